The molecule has 0 aliphatic rings. The number of benzene rings is 1. The van der Waals surface area contributed by atoms with Crippen molar-refractivity contribution in [1.82, 2.24) is 9.97 Å². The number of hydrogen-bond donors (Lipinski definition) is 1. The highest BCUT2D eigenvalue weighted by Gasteiger charge is 2.18. The second kappa shape index (κ2) is 6.13. The molecule has 0 saturated heterocycles. The van der Waals surface area contributed by atoms with Crippen molar-refractivity contribution < 1.29 is 14.3 Å². The summed E-state index contributed by atoms with van der Waals surface area (Å²) in [7, 11) is 0. The Morgan fingerprint density at radius 3 is 2.78 bits per heavy atom. The molecule has 1 amide bonds. The molecule has 3 aromatic rings. The fourth-order valence-corrected chi connectivity index (χ4v) is 2.97. The van der Waals surface area contributed by atoms with Crippen molar-refractivity contribution in [3.63, 3.8) is 0 Å². The summed E-state index contributed by atoms with van der Waals surface area (Å²) in [5, 5.41) is 2.95. The maximum Gasteiger partial charge on any atom is 0.357 e. The highest BCUT2D eigenvalue weighted by Crippen LogP contribution is 2.29. The van der Waals surface area contributed by atoms with Gasteiger partial charge in [-0.05, 0) is 19.1 Å². The summed E-state index contributed by atoms with van der Waals surface area (Å²) in [6.07, 6.45) is 0. The normalized spacial score (nSPS) is 10.7. The Balaban J connectivity index is 2.13. The molecule has 0 unspecified atom stereocenters. The number of thiazole rings is 1. The van der Waals surface area contributed by atoms with Gasteiger partial charge in [0, 0.05) is 16.3 Å². The van der Waals surface area contributed by atoms with Crippen molar-refractivity contribution >= 4 is 34.1 Å². The fourth-order valence-electron chi connectivity index (χ4n) is 2.16. The number of pyridine rings is 1. The number of esters is 1. The Hall–Kier alpha value is -2.80. The zero-order chi connectivity index (χ0) is 16.4. The van der Waals surface area contributed by atoms with Crippen LogP contribution in [0.5, 0.6) is 0 Å². The van der Waals surface area contributed by atoms with E-state index in [2.05, 4.69) is 9.97 Å². The highest BCUT2D eigenvalue weighted by atomic mass is 32.1. The largest absolute Gasteiger partial charge is 0.461 e. The van der Waals surface area contributed by atoms with Gasteiger partial charge in [0.05, 0.1) is 12.1 Å². The van der Waals surface area contributed by atoms with E-state index in [0.717, 1.165) is 5.39 Å². The number of aromatic nitrogens is 2. The molecule has 2 heterocycles. The van der Waals surface area contributed by atoms with Crippen LogP contribution in [0.1, 0.15) is 27.9 Å². The van der Waals surface area contributed by atoms with E-state index in [1.165, 1.54) is 11.3 Å². The van der Waals surface area contributed by atoms with Gasteiger partial charge in [-0.2, -0.15) is 0 Å². The van der Waals surface area contributed by atoms with Gasteiger partial charge in [0.2, 0.25) is 0 Å². The van der Waals surface area contributed by atoms with E-state index in [-0.39, 0.29) is 18.0 Å². The Bertz CT molecular complexity index is 904. The highest BCUT2D eigenvalue weighted by molar-refractivity contribution is 7.13. The zero-order valence-corrected chi connectivity index (χ0v) is 13.1. The Morgan fingerprint density at radius 1 is 1.26 bits per heavy atom. The van der Waals surface area contributed by atoms with Gasteiger partial charge < -0.3 is 10.5 Å². The lowest BCUT2D eigenvalue weighted by molar-refractivity contribution is 0.0520. The first-order chi connectivity index (χ1) is 11.1. The Kier molecular flexibility index (Phi) is 4.03. The van der Waals surface area contributed by atoms with Crippen molar-refractivity contribution in [2.45, 2.75) is 6.92 Å². The van der Waals surface area contributed by atoms with Gasteiger partial charge in [0.1, 0.15) is 10.7 Å². The van der Waals surface area contributed by atoms with Crippen LogP contribution >= 0.6 is 11.3 Å². The van der Waals surface area contributed by atoms with Gasteiger partial charge in [-0.15, -0.1) is 11.3 Å². The minimum absolute atomic E-state index is 0.133. The lowest BCUT2D eigenvalue weighted by Gasteiger charge is -2.05. The van der Waals surface area contributed by atoms with Crippen molar-refractivity contribution in [2.75, 3.05) is 6.61 Å². The number of amides is 1. The summed E-state index contributed by atoms with van der Waals surface area (Å²) in [6, 6.07) is 9.20. The SMILES string of the molecule is CCOC(=O)c1csc(-c2cc3ccccc3nc2C(N)=O)n1. The molecule has 6 nitrogen and oxygen atoms in total. The third-order valence-electron chi connectivity index (χ3n) is 3.18. The monoisotopic (exact) mass is 327 g/mol. The average molecular weight is 327 g/mol. The third kappa shape index (κ3) is 2.91. The molecule has 0 spiro atoms. The van der Waals surface area contributed by atoms with Gasteiger partial charge in [-0.25, -0.2) is 14.8 Å². The molecule has 0 aliphatic carbocycles. The molecule has 0 saturated carbocycles. The van der Waals surface area contributed by atoms with Crippen LogP contribution in [0.4, 0.5) is 0 Å². The summed E-state index contributed by atoms with van der Waals surface area (Å²) in [6.45, 7) is 2.00. The molecule has 1 aromatic carbocycles. The van der Waals surface area contributed by atoms with E-state index in [0.29, 0.717) is 16.1 Å². The Morgan fingerprint density at radius 2 is 2.04 bits per heavy atom. The number of rotatable bonds is 4. The second-order valence-corrected chi connectivity index (χ2v) is 5.56. The summed E-state index contributed by atoms with van der Waals surface area (Å²) in [5.74, 6) is -1.14. The minimum Gasteiger partial charge on any atom is -0.461 e. The van der Waals surface area contributed by atoms with Crippen molar-refractivity contribution in [3.05, 3.63) is 47.1 Å². The number of carbonyl (C=O) groups excluding carboxylic acids is 2. The van der Waals surface area contributed by atoms with Gasteiger partial charge in [0.15, 0.2) is 5.69 Å². The molecule has 0 radical (unpaired) electrons. The number of fused-ring (bicyclic) bond motifs is 1. The number of nitrogens with two attached hydrogens (primary N) is 1. The average Bonchev–Trinajstić information content (AvgIpc) is 3.03. The molecule has 3 rings (SSSR count). The molecule has 2 N–H and O–H groups in total. The van der Waals surface area contributed by atoms with E-state index >= 15 is 0 Å². The van der Waals surface area contributed by atoms with E-state index in [9.17, 15) is 9.59 Å². The second-order valence-electron chi connectivity index (χ2n) is 4.70. The lowest BCUT2D eigenvalue weighted by atomic mass is 10.1. The van der Waals surface area contributed by atoms with E-state index < -0.39 is 11.9 Å². The van der Waals surface area contributed by atoms with Crippen LogP contribution in [0.3, 0.4) is 0 Å². The summed E-state index contributed by atoms with van der Waals surface area (Å²) < 4.78 is 4.92. The number of para-hydroxylation sites is 1. The minimum atomic E-state index is -0.640. The first-order valence-electron chi connectivity index (χ1n) is 6.92. The molecule has 7 heteroatoms. The van der Waals surface area contributed by atoms with Crippen LogP contribution in [0.25, 0.3) is 21.5 Å². The topological polar surface area (TPSA) is 95.2 Å². The van der Waals surface area contributed by atoms with Gasteiger partial charge in [0.25, 0.3) is 5.91 Å². The van der Waals surface area contributed by atoms with Crippen molar-refractivity contribution in [1.29, 1.82) is 0 Å². The predicted molar refractivity (Wildman–Crippen MR) is 87.3 cm³/mol. The molecular weight excluding hydrogens is 314 g/mol. The molecule has 0 aliphatic heterocycles. The molecule has 0 bridgehead atoms. The number of ether oxygens (including phenoxy) is 1. The summed E-state index contributed by atoms with van der Waals surface area (Å²) in [5.41, 5.74) is 6.96. The lowest BCUT2D eigenvalue weighted by Crippen LogP contribution is -2.14. The number of nitrogens with zero attached hydrogens (tertiary/aromatic N) is 2. The van der Waals surface area contributed by atoms with Gasteiger partial charge in [-0.1, -0.05) is 18.2 Å². The van der Waals surface area contributed by atoms with E-state index in [4.69, 9.17) is 10.5 Å². The maximum atomic E-state index is 11.7. The van der Waals surface area contributed by atoms with Gasteiger partial charge >= 0.3 is 5.97 Å². The van der Waals surface area contributed by atoms with Crippen LogP contribution in [0.2, 0.25) is 0 Å². The molecule has 0 atom stereocenters. The fraction of sp³-hybridized carbons (Fsp3) is 0.125. The number of primary amides is 1. The maximum absolute atomic E-state index is 11.7. The van der Waals surface area contributed by atoms with Crippen molar-refractivity contribution in [3.8, 4) is 10.6 Å². The van der Waals surface area contributed by atoms with E-state index in [1.54, 1.807) is 24.4 Å². The molecular formula is C16H13N3O3S. The smallest absolute Gasteiger partial charge is 0.357 e. The van der Waals surface area contributed by atoms with Crippen LogP contribution < -0.4 is 5.73 Å². The first kappa shape index (κ1) is 15.1. The predicted octanol–water partition coefficient (Wildman–Crippen LogP) is 2.63. The number of carbonyl (C=O) groups is 2. The van der Waals surface area contributed by atoms with Crippen LogP contribution in [-0.2, 0) is 4.74 Å². The van der Waals surface area contributed by atoms with E-state index in [1.807, 2.05) is 18.2 Å². The van der Waals surface area contributed by atoms with Crippen molar-refractivity contribution in [2.24, 2.45) is 5.73 Å². The Labute approximate surface area is 135 Å². The van der Waals surface area contributed by atoms with Crippen LogP contribution in [0.15, 0.2) is 35.7 Å². The summed E-state index contributed by atoms with van der Waals surface area (Å²) >= 11 is 1.24. The number of hydrogen-bond acceptors (Lipinski definition) is 6. The van der Waals surface area contributed by atoms with Crippen LogP contribution in [0, 0.1) is 0 Å². The zero-order valence-electron chi connectivity index (χ0n) is 12.3. The van der Waals surface area contributed by atoms with Crippen LogP contribution in [-0.4, -0.2) is 28.5 Å². The molecule has 2 aromatic heterocycles. The molecule has 116 valence electrons. The molecule has 0 fully saturated rings. The quantitative estimate of drug-likeness (QED) is 0.743. The van der Waals surface area contributed by atoms with Gasteiger partial charge in [-0.3, -0.25) is 4.79 Å². The molecule has 23 heavy (non-hydrogen) atoms. The summed E-state index contributed by atoms with van der Waals surface area (Å²) in [4.78, 5) is 32.0. The third-order valence-corrected chi connectivity index (χ3v) is 4.05. The standard InChI is InChI=1S/C16H13N3O3S/c1-2-22-16(21)12-8-23-15(19-12)10-7-9-5-3-4-6-11(9)18-13(10)14(17)20/h3-8H,2H2,1H3,(H2,17,20). The first-order valence-corrected chi connectivity index (χ1v) is 7.80.